The molecule has 1 atom stereocenters. The molecule has 118 valence electrons. The van der Waals surface area contributed by atoms with Gasteiger partial charge >= 0.3 is 0 Å². The molecule has 2 heterocycles. The highest BCUT2D eigenvalue weighted by molar-refractivity contribution is 4.90. The molecule has 0 spiro atoms. The standard InChI is InChI=1S/C16H34N4/c1-14(2)19-7-6-15(12-19)17-13-16(3,4)20-10-8-18(5)9-11-20/h14-15,17H,6-13H2,1-5H3. The molecule has 0 bridgehead atoms. The summed E-state index contributed by atoms with van der Waals surface area (Å²) in [6.45, 7) is 17.8. The van der Waals surface area contributed by atoms with Gasteiger partial charge in [-0.1, -0.05) is 0 Å². The zero-order valence-electron chi connectivity index (χ0n) is 14.2. The summed E-state index contributed by atoms with van der Waals surface area (Å²) < 4.78 is 0. The lowest BCUT2D eigenvalue weighted by molar-refractivity contribution is 0.0602. The lowest BCUT2D eigenvalue weighted by Crippen LogP contribution is -2.58. The van der Waals surface area contributed by atoms with Crippen molar-refractivity contribution in [1.29, 1.82) is 0 Å². The number of hydrogen-bond acceptors (Lipinski definition) is 4. The van der Waals surface area contributed by atoms with Crippen LogP contribution in [0.5, 0.6) is 0 Å². The number of likely N-dealkylation sites (N-methyl/N-ethyl adjacent to an activating group) is 1. The molecule has 1 unspecified atom stereocenters. The van der Waals surface area contributed by atoms with Gasteiger partial charge in [-0.15, -0.1) is 0 Å². The van der Waals surface area contributed by atoms with Crippen molar-refractivity contribution in [2.45, 2.75) is 51.7 Å². The number of piperazine rings is 1. The number of hydrogen-bond donors (Lipinski definition) is 1. The van der Waals surface area contributed by atoms with Crippen molar-refractivity contribution < 1.29 is 0 Å². The summed E-state index contributed by atoms with van der Waals surface area (Å²) >= 11 is 0. The molecule has 0 aromatic heterocycles. The fourth-order valence-electron chi connectivity index (χ4n) is 3.34. The van der Waals surface area contributed by atoms with Crippen molar-refractivity contribution in [3.63, 3.8) is 0 Å². The summed E-state index contributed by atoms with van der Waals surface area (Å²) in [5.41, 5.74) is 0.270. The van der Waals surface area contributed by atoms with Crippen LogP contribution in [0.2, 0.25) is 0 Å². The van der Waals surface area contributed by atoms with Crippen LogP contribution in [0.1, 0.15) is 34.1 Å². The number of nitrogens with zero attached hydrogens (tertiary/aromatic N) is 3. The van der Waals surface area contributed by atoms with Crippen molar-refractivity contribution in [3.8, 4) is 0 Å². The van der Waals surface area contributed by atoms with Crippen LogP contribution in [-0.2, 0) is 0 Å². The number of nitrogens with one attached hydrogen (secondary N) is 1. The molecule has 0 saturated carbocycles. The fourth-order valence-corrected chi connectivity index (χ4v) is 3.34. The van der Waals surface area contributed by atoms with Gasteiger partial charge in [0.25, 0.3) is 0 Å². The predicted molar refractivity (Wildman–Crippen MR) is 86.3 cm³/mol. The smallest absolute Gasteiger partial charge is 0.0278 e. The van der Waals surface area contributed by atoms with Crippen molar-refractivity contribution in [3.05, 3.63) is 0 Å². The average molecular weight is 282 g/mol. The van der Waals surface area contributed by atoms with E-state index in [0.29, 0.717) is 12.1 Å². The van der Waals surface area contributed by atoms with Crippen molar-refractivity contribution in [2.24, 2.45) is 0 Å². The molecule has 0 radical (unpaired) electrons. The van der Waals surface area contributed by atoms with Crippen molar-refractivity contribution >= 4 is 0 Å². The predicted octanol–water partition coefficient (Wildman–Crippen LogP) is 1.08. The second-order valence-corrected chi connectivity index (χ2v) is 7.56. The minimum Gasteiger partial charge on any atom is -0.311 e. The maximum Gasteiger partial charge on any atom is 0.0278 e. The molecule has 0 amide bonds. The third kappa shape index (κ3) is 4.17. The maximum atomic E-state index is 3.82. The second-order valence-electron chi connectivity index (χ2n) is 7.56. The van der Waals surface area contributed by atoms with E-state index in [0.717, 1.165) is 6.54 Å². The third-order valence-electron chi connectivity index (χ3n) is 5.13. The van der Waals surface area contributed by atoms with Crippen LogP contribution in [0.15, 0.2) is 0 Å². The largest absolute Gasteiger partial charge is 0.311 e. The highest BCUT2D eigenvalue weighted by Crippen LogP contribution is 2.18. The van der Waals surface area contributed by atoms with Gasteiger partial charge in [0, 0.05) is 56.9 Å². The maximum absolute atomic E-state index is 3.82. The van der Waals surface area contributed by atoms with Gasteiger partial charge in [-0.3, -0.25) is 9.80 Å². The molecule has 2 saturated heterocycles. The molecule has 2 aliphatic heterocycles. The highest BCUT2D eigenvalue weighted by atomic mass is 15.3. The van der Waals surface area contributed by atoms with Gasteiger partial charge in [-0.2, -0.15) is 0 Å². The van der Waals surface area contributed by atoms with E-state index < -0.39 is 0 Å². The fraction of sp³-hybridized carbons (Fsp3) is 1.00. The first kappa shape index (κ1) is 16.2. The highest BCUT2D eigenvalue weighted by Gasteiger charge is 2.31. The molecular weight excluding hydrogens is 248 g/mol. The monoisotopic (exact) mass is 282 g/mol. The van der Waals surface area contributed by atoms with Crippen LogP contribution in [0.3, 0.4) is 0 Å². The van der Waals surface area contributed by atoms with Gasteiger partial charge in [0.1, 0.15) is 0 Å². The van der Waals surface area contributed by atoms with E-state index in [4.69, 9.17) is 0 Å². The molecule has 2 rings (SSSR count). The minimum absolute atomic E-state index is 0.270. The Morgan fingerprint density at radius 1 is 1.10 bits per heavy atom. The third-order valence-corrected chi connectivity index (χ3v) is 5.13. The van der Waals surface area contributed by atoms with E-state index in [-0.39, 0.29) is 5.54 Å². The first-order chi connectivity index (χ1) is 9.38. The molecule has 20 heavy (non-hydrogen) atoms. The van der Waals surface area contributed by atoms with E-state index >= 15 is 0 Å². The first-order valence-electron chi connectivity index (χ1n) is 8.29. The molecule has 0 aromatic rings. The molecule has 0 aliphatic carbocycles. The Kier molecular flexibility index (Phi) is 5.46. The zero-order chi connectivity index (χ0) is 14.8. The Morgan fingerprint density at radius 2 is 1.75 bits per heavy atom. The Morgan fingerprint density at radius 3 is 2.30 bits per heavy atom. The first-order valence-corrected chi connectivity index (χ1v) is 8.29. The molecule has 1 N–H and O–H groups in total. The quantitative estimate of drug-likeness (QED) is 0.815. The summed E-state index contributed by atoms with van der Waals surface area (Å²) in [5.74, 6) is 0. The summed E-state index contributed by atoms with van der Waals surface area (Å²) in [7, 11) is 2.22. The van der Waals surface area contributed by atoms with Crippen LogP contribution >= 0.6 is 0 Å². The van der Waals surface area contributed by atoms with Crippen molar-refractivity contribution in [2.75, 3.05) is 52.9 Å². The van der Waals surface area contributed by atoms with E-state index in [1.807, 2.05) is 0 Å². The molecule has 2 fully saturated rings. The molecule has 2 aliphatic rings. The summed E-state index contributed by atoms with van der Waals surface area (Å²) in [5, 5.41) is 3.82. The van der Waals surface area contributed by atoms with Gasteiger partial charge < -0.3 is 10.2 Å². The lowest BCUT2D eigenvalue weighted by Gasteiger charge is -2.43. The van der Waals surface area contributed by atoms with Crippen molar-refractivity contribution in [1.82, 2.24) is 20.0 Å². The Hall–Kier alpha value is -0.160. The van der Waals surface area contributed by atoms with Gasteiger partial charge in [0.15, 0.2) is 0 Å². The van der Waals surface area contributed by atoms with E-state index in [2.05, 4.69) is 54.8 Å². The van der Waals surface area contributed by atoms with E-state index in [1.54, 1.807) is 0 Å². The van der Waals surface area contributed by atoms with Gasteiger partial charge in [-0.05, 0) is 47.7 Å². The molecule has 0 aromatic carbocycles. The zero-order valence-corrected chi connectivity index (χ0v) is 14.2. The molecule has 4 nitrogen and oxygen atoms in total. The van der Waals surface area contributed by atoms with E-state index in [9.17, 15) is 0 Å². The van der Waals surface area contributed by atoms with Crippen LogP contribution in [0.4, 0.5) is 0 Å². The number of rotatable bonds is 5. The topological polar surface area (TPSA) is 21.8 Å². The van der Waals surface area contributed by atoms with Gasteiger partial charge in [0.2, 0.25) is 0 Å². The van der Waals surface area contributed by atoms with E-state index in [1.165, 1.54) is 45.7 Å². The molecule has 4 heteroatoms. The SMILES string of the molecule is CC(C)N1CCC(NCC(C)(C)N2CCN(C)CC2)C1. The normalized spacial score (nSPS) is 27.6. The lowest BCUT2D eigenvalue weighted by atomic mass is 10.0. The second kappa shape index (κ2) is 6.73. The number of likely N-dealkylation sites (tertiary alicyclic amines) is 1. The van der Waals surface area contributed by atoms with Crippen LogP contribution in [0, 0.1) is 0 Å². The van der Waals surface area contributed by atoms with Crippen LogP contribution < -0.4 is 5.32 Å². The molecular formula is C16H34N4. The Bertz CT molecular complexity index is 295. The average Bonchev–Trinajstić information content (AvgIpc) is 2.86. The summed E-state index contributed by atoms with van der Waals surface area (Å²) in [6.07, 6.45) is 1.30. The Labute approximate surface area is 125 Å². The summed E-state index contributed by atoms with van der Waals surface area (Å²) in [6, 6.07) is 1.37. The van der Waals surface area contributed by atoms with Crippen LogP contribution in [0.25, 0.3) is 0 Å². The minimum atomic E-state index is 0.270. The summed E-state index contributed by atoms with van der Waals surface area (Å²) in [4.78, 5) is 7.66. The Balaban J connectivity index is 1.75. The van der Waals surface area contributed by atoms with Crippen LogP contribution in [-0.4, -0.2) is 85.2 Å². The van der Waals surface area contributed by atoms with Gasteiger partial charge in [0.05, 0.1) is 0 Å². The van der Waals surface area contributed by atoms with Gasteiger partial charge in [-0.25, -0.2) is 0 Å².